The molecule has 1 aromatic carbocycles. The van der Waals surface area contributed by atoms with Crippen LogP contribution >= 0.6 is 0 Å². The zero-order valence-electron chi connectivity index (χ0n) is 9.15. The van der Waals surface area contributed by atoms with E-state index in [-0.39, 0.29) is 6.42 Å². The molecule has 1 atom stereocenters. The first kappa shape index (κ1) is 11.7. The summed E-state index contributed by atoms with van der Waals surface area (Å²) < 4.78 is 30.8. The van der Waals surface area contributed by atoms with Crippen LogP contribution in [0.2, 0.25) is 0 Å². The van der Waals surface area contributed by atoms with Crippen molar-refractivity contribution in [3.05, 3.63) is 53.2 Å². The van der Waals surface area contributed by atoms with Gasteiger partial charge < -0.3 is 9.52 Å². The number of oxazole rings is 1. The van der Waals surface area contributed by atoms with E-state index in [1.807, 2.05) is 0 Å². The van der Waals surface area contributed by atoms with E-state index in [4.69, 9.17) is 4.42 Å². The Labute approximate surface area is 96.7 Å². The van der Waals surface area contributed by atoms with Crippen molar-refractivity contribution in [2.75, 3.05) is 0 Å². The molecule has 3 nitrogen and oxygen atoms in total. The Morgan fingerprint density at radius 2 is 1.94 bits per heavy atom. The lowest BCUT2D eigenvalue weighted by Gasteiger charge is -2.07. The molecule has 17 heavy (non-hydrogen) atoms. The van der Waals surface area contributed by atoms with Crippen LogP contribution in [-0.2, 0) is 6.42 Å². The molecule has 1 unspecified atom stereocenters. The molecule has 0 saturated heterocycles. The highest BCUT2D eigenvalue weighted by atomic mass is 19.1. The van der Waals surface area contributed by atoms with Gasteiger partial charge in [-0.15, -0.1) is 0 Å². The number of hydrogen-bond acceptors (Lipinski definition) is 3. The van der Waals surface area contributed by atoms with Gasteiger partial charge >= 0.3 is 0 Å². The minimum atomic E-state index is -0.936. The smallest absolute Gasteiger partial charge is 0.191 e. The van der Waals surface area contributed by atoms with Crippen molar-refractivity contribution < 1.29 is 18.3 Å². The normalized spacial score (nSPS) is 12.7. The second-order valence-electron chi connectivity index (χ2n) is 3.79. The molecule has 5 heteroatoms. The molecule has 1 aromatic heterocycles. The summed E-state index contributed by atoms with van der Waals surface area (Å²) in [6, 6.07) is 3.15. The minimum absolute atomic E-state index is 0.0840. The lowest BCUT2D eigenvalue weighted by atomic mass is 10.1. The van der Waals surface area contributed by atoms with Gasteiger partial charge in [-0.25, -0.2) is 13.8 Å². The lowest BCUT2D eigenvalue weighted by molar-refractivity contribution is 0.173. The summed E-state index contributed by atoms with van der Waals surface area (Å²) in [6.45, 7) is 1.65. The molecular formula is C12H11F2NO2. The van der Waals surface area contributed by atoms with Crippen LogP contribution in [-0.4, -0.2) is 10.1 Å². The Hall–Kier alpha value is -1.75. The third-order valence-electron chi connectivity index (χ3n) is 2.33. The SMILES string of the molecule is Cc1nc(C(O)Cc2cc(F)cc(F)c2)co1. The van der Waals surface area contributed by atoms with Crippen LogP contribution < -0.4 is 0 Å². The highest BCUT2D eigenvalue weighted by molar-refractivity contribution is 5.20. The summed E-state index contributed by atoms with van der Waals surface area (Å²) in [5.41, 5.74) is 0.725. The summed E-state index contributed by atoms with van der Waals surface area (Å²) in [6.07, 6.45) is 0.477. The van der Waals surface area contributed by atoms with E-state index in [0.717, 1.165) is 6.07 Å². The van der Waals surface area contributed by atoms with Gasteiger partial charge in [-0.1, -0.05) is 0 Å². The fourth-order valence-electron chi connectivity index (χ4n) is 1.59. The van der Waals surface area contributed by atoms with Crippen LogP contribution in [0.25, 0.3) is 0 Å². The molecule has 90 valence electrons. The van der Waals surface area contributed by atoms with Gasteiger partial charge in [0.15, 0.2) is 5.89 Å². The molecule has 2 rings (SSSR count). The maximum Gasteiger partial charge on any atom is 0.191 e. The molecule has 0 bridgehead atoms. The Kier molecular flexibility index (Phi) is 3.19. The van der Waals surface area contributed by atoms with Gasteiger partial charge in [-0.05, 0) is 17.7 Å². The van der Waals surface area contributed by atoms with E-state index in [0.29, 0.717) is 17.1 Å². The van der Waals surface area contributed by atoms with Crippen LogP contribution in [0.3, 0.4) is 0 Å². The molecule has 1 N–H and O–H groups in total. The van der Waals surface area contributed by atoms with Gasteiger partial charge in [0, 0.05) is 19.4 Å². The number of aromatic nitrogens is 1. The third kappa shape index (κ3) is 2.88. The summed E-state index contributed by atoms with van der Waals surface area (Å²) in [4.78, 5) is 3.95. The predicted octanol–water partition coefficient (Wildman–Crippen LogP) is 2.54. The van der Waals surface area contributed by atoms with Crippen molar-refractivity contribution in [1.82, 2.24) is 4.98 Å². The first-order chi connectivity index (χ1) is 8.04. The molecule has 0 aliphatic carbocycles. The van der Waals surface area contributed by atoms with E-state index in [1.165, 1.54) is 18.4 Å². The highest BCUT2D eigenvalue weighted by Crippen LogP contribution is 2.19. The largest absolute Gasteiger partial charge is 0.449 e. The zero-order valence-corrected chi connectivity index (χ0v) is 9.15. The molecule has 0 spiro atoms. The zero-order chi connectivity index (χ0) is 12.4. The molecule has 0 radical (unpaired) electrons. The van der Waals surface area contributed by atoms with Crippen molar-refractivity contribution >= 4 is 0 Å². The maximum absolute atomic E-state index is 12.9. The fraction of sp³-hybridized carbons (Fsp3) is 0.250. The van der Waals surface area contributed by atoms with Crippen LogP contribution in [0.4, 0.5) is 8.78 Å². The fourth-order valence-corrected chi connectivity index (χ4v) is 1.59. The molecule has 0 saturated carbocycles. The van der Waals surface area contributed by atoms with Crippen LogP contribution in [0, 0.1) is 18.6 Å². The topological polar surface area (TPSA) is 46.3 Å². The standard InChI is InChI=1S/C12H11F2NO2/c1-7-15-11(6-17-7)12(16)4-8-2-9(13)5-10(14)3-8/h2-3,5-6,12,16H,4H2,1H3. The number of hydrogen-bond donors (Lipinski definition) is 1. The quantitative estimate of drug-likeness (QED) is 0.895. The average molecular weight is 239 g/mol. The van der Waals surface area contributed by atoms with E-state index in [2.05, 4.69) is 4.98 Å². The molecule has 1 heterocycles. The number of halogens is 2. The number of aryl methyl sites for hydroxylation is 1. The number of rotatable bonds is 3. The molecule has 0 fully saturated rings. The first-order valence-electron chi connectivity index (χ1n) is 5.09. The molecule has 2 aromatic rings. The Bertz CT molecular complexity index is 505. The minimum Gasteiger partial charge on any atom is -0.449 e. The van der Waals surface area contributed by atoms with E-state index >= 15 is 0 Å². The number of benzene rings is 1. The summed E-state index contributed by atoms with van der Waals surface area (Å²) in [5, 5.41) is 9.80. The van der Waals surface area contributed by atoms with Crippen molar-refractivity contribution in [3.63, 3.8) is 0 Å². The third-order valence-corrected chi connectivity index (χ3v) is 2.33. The van der Waals surface area contributed by atoms with Gasteiger partial charge in [-0.3, -0.25) is 0 Å². The summed E-state index contributed by atoms with van der Waals surface area (Å²) in [7, 11) is 0. The second kappa shape index (κ2) is 4.63. The molecular weight excluding hydrogens is 228 g/mol. The van der Waals surface area contributed by atoms with E-state index < -0.39 is 17.7 Å². The summed E-state index contributed by atoms with van der Waals surface area (Å²) >= 11 is 0. The Balaban J connectivity index is 2.15. The highest BCUT2D eigenvalue weighted by Gasteiger charge is 2.13. The molecule has 0 amide bonds. The second-order valence-corrected chi connectivity index (χ2v) is 3.79. The first-order valence-corrected chi connectivity index (χ1v) is 5.09. The van der Waals surface area contributed by atoms with Crippen LogP contribution in [0.15, 0.2) is 28.9 Å². The van der Waals surface area contributed by atoms with E-state index in [9.17, 15) is 13.9 Å². The number of aliphatic hydroxyl groups is 1. The van der Waals surface area contributed by atoms with E-state index in [1.54, 1.807) is 6.92 Å². The summed E-state index contributed by atoms with van der Waals surface area (Å²) in [5.74, 6) is -0.892. The lowest BCUT2D eigenvalue weighted by Crippen LogP contribution is -2.03. The predicted molar refractivity (Wildman–Crippen MR) is 56.3 cm³/mol. The van der Waals surface area contributed by atoms with Gasteiger partial charge in [0.05, 0.1) is 0 Å². The van der Waals surface area contributed by atoms with Crippen molar-refractivity contribution in [2.24, 2.45) is 0 Å². The molecule has 0 aliphatic rings. The maximum atomic E-state index is 12.9. The van der Waals surface area contributed by atoms with Gasteiger partial charge in [0.25, 0.3) is 0 Å². The van der Waals surface area contributed by atoms with Gasteiger partial charge in [0.2, 0.25) is 0 Å². The number of nitrogens with zero attached hydrogens (tertiary/aromatic N) is 1. The van der Waals surface area contributed by atoms with Gasteiger partial charge in [0.1, 0.15) is 29.7 Å². The average Bonchev–Trinajstić information content (AvgIpc) is 2.63. The Morgan fingerprint density at radius 3 is 2.47 bits per heavy atom. The Morgan fingerprint density at radius 1 is 1.29 bits per heavy atom. The van der Waals surface area contributed by atoms with Gasteiger partial charge in [-0.2, -0.15) is 0 Å². The van der Waals surface area contributed by atoms with Crippen molar-refractivity contribution in [2.45, 2.75) is 19.4 Å². The molecule has 0 aliphatic heterocycles. The van der Waals surface area contributed by atoms with Crippen LogP contribution in [0.5, 0.6) is 0 Å². The van der Waals surface area contributed by atoms with Crippen molar-refractivity contribution in [3.8, 4) is 0 Å². The number of aliphatic hydroxyl groups excluding tert-OH is 1. The monoisotopic (exact) mass is 239 g/mol. The van der Waals surface area contributed by atoms with Crippen LogP contribution in [0.1, 0.15) is 23.3 Å². The van der Waals surface area contributed by atoms with Crippen molar-refractivity contribution in [1.29, 1.82) is 0 Å².